The summed E-state index contributed by atoms with van der Waals surface area (Å²) < 4.78 is 0. The quantitative estimate of drug-likeness (QED) is 0.651. The summed E-state index contributed by atoms with van der Waals surface area (Å²) in [7, 11) is 0. The van der Waals surface area contributed by atoms with E-state index in [9.17, 15) is 14.7 Å². The molecule has 0 spiro atoms. The van der Waals surface area contributed by atoms with E-state index >= 15 is 0 Å². The van der Waals surface area contributed by atoms with Crippen LogP contribution in [0.1, 0.15) is 51.4 Å². The predicted molar refractivity (Wildman–Crippen MR) is 62.5 cm³/mol. The van der Waals surface area contributed by atoms with Gasteiger partial charge in [0.1, 0.15) is 0 Å². The Labute approximate surface area is 101 Å². The topological polar surface area (TPSA) is 86.6 Å². The Morgan fingerprint density at radius 3 is 2.35 bits per heavy atom. The van der Waals surface area contributed by atoms with Gasteiger partial charge in [-0.1, -0.05) is 19.3 Å². The van der Waals surface area contributed by atoms with Gasteiger partial charge < -0.3 is 15.5 Å². The van der Waals surface area contributed by atoms with Crippen molar-refractivity contribution in [1.82, 2.24) is 5.32 Å². The molecule has 0 aromatic rings. The van der Waals surface area contributed by atoms with Crippen LogP contribution in [0.5, 0.6) is 0 Å². The lowest BCUT2D eigenvalue weighted by atomic mass is 9.85. The van der Waals surface area contributed by atoms with Crippen LogP contribution in [-0.2, 0) is 9.59 Å². The molecule has 1 amide bonds. The van der Waals surface area contributed by atoms with Gasteiger partial charge in [0, 0.05) is 19.4 Å². The highest BCUT2D eigenvalue weighted by Gasteiger charge is 2.29. The number of nitrogens with one attached hydrogen (secondary N) is 1. The van der Waals surface area contributed by atoms with Crippen molar-refractivity contribution in [3.63, 3.8) is 0 Å². The van der Waals surface area contributed by atoms with Crippen molar-refractivity contribution in [1.29, 1.82) is 0 Å². The van der Waals surface area contributed by atoms with E-state index in [-0.39, 0.29) is 18.7 Å². The molecule has 17 heavy (non-hydrogen) atoms. The summed E-state index contributed by atoms with van der Waals surface area (Å²) in [6.45, 7) is 0.291. The molecule has 0 radical (unpaired) electrons. The summed E-state index contributed by atoms with van der Waals surface area (Å²) in [5.74, 6) is -1.06. The van der Waals surface area contributed by atoms with Crippen LogP contribution in [0.3, 0.4) is 0 Å². The third-order valence-corrected chi connectivity index (χ3v) is 3.19. The number of carbonyl (C=O) groups excluding carboxylic acids is 1. The first-order valence-electron chi connectivity index (χ1n) is 6.23. The summed E-state index contributed by atoms with van der Waals surface area (Å²) in [4.78, 5) is 21.7. The SMILES string of the molecule is O=C(O)CCCC(=O)NCC1(O)CCCCC1. The first-order chi connectivity index (χ1) is 8.02. The number of aliphatic carboxylic acids is 1. The van der Waals surface area contributed by atoms with Crippen molar-refractivity contribution >= 4 is 11.9 Å². The lowest BCUT2D eigenvalue weighted by Crippen LogP contribution is -2.44. The Kier molecular flexibility index (Phi) is 5.41. The fraction of sp³-hybridized carbons (Fsp3) is 0.833. The minimum atomic E-state index is -0.885. The molecule has 5 nitrogen and oxygen atoms in total. The molecule has 0 saturated heterocycles. The summed E-state index contributed by atoms with van der Waals surface area (Å²) in [5.41, 5.74) is -0.749. The summed E-state index contributed by atoms with van der Waals surface area (Å²) in [6, 6.07) is 0. The van der Waals surface area contributed by atoms with Gasteiger partial charge in [0.25, 0.3) is 0 Å². The molecule has 0 aliphatic heterocycles. The van der Waals surface area contributed by atoms with Crippen LogP contribution >= 0.6 is 0 Å². The van der Waals surface area contributed by atoms with Gasteiger partial charge in [-0.05, 0) is 19.3 Å². The smallest absolute Gasteiger partial charge is 0.303 e. The number of carboxylic acids is 1. The van der Waals surface area contributed by atoms with Crippen LogP contribution in [-0.4, -0.2) is 34.2 Å². The molecule has 0 bridgehead atoms. The van der Waals surface area contributed by atoms with Gasteiger partial charge >= 0.3 is 5.97 Å². The second-order valence-corrected chi connectivity index (χ2v) is 4.81. The van der Waals surface area contributed by atoms with E-state index in [2.05, 4.69) is 5.32 Å². The number of hydrogen-bond acceptors (Lipinski definition) is 3. The number of amides is 1. The van der Waals surface area contributed by atoms with E-state index in [4.69, 9.17) is 5.11 Å². The molecule has 98 valence electrons. The zero-order valence-electron chi connectivity index (χ0n) is 10.1. The average molecular weight is 243 g/mol. The molecule has 1 fully saturated rings. The van der Waals surface area contributed by atoms with Crippen molar-refractivity contribution < 1.29 is 19.8 Å². The standard InChI is InChI=1S/C12H21NO4/c14-10(5-4-6-11(15)16)13-9-12(17)7-2-1-3-8-12/h17H,1-9H2,(H,13,14)(H,15,16). The molecule has 0 unspecified atom stereocenters. The van der Waals surface area contributed by atoms with Crippen molar-refractivity contribution in [2.24, 2.45) is 0 Å². The monoisotopic (exact) mass is 243 g/mol. The van der Waals surface area contributed by atoms with Gasteiger partial charge in [-0.15, -0.1) is 0 Å². The fourth-order valence-corrected chi connectivity index (χ4v) is 2.14. The van der Waals surface area contributed by atoms with Crippen LogP contribution in [0, 0.1) is 0 Å². The normalized spacial score (nSPS) is 18.6. The molecule has 0 atom stereocenters. The molecule has 0 aromatic carbocycles. The number of rotatable bonds is 6. The van der Waals surface area contributed by atoms with Crippen LogP contribution in [0.2, 0.25) is 0 Å². The molecule has 1 aliphatic carbocycles. The largest absolute Gasteiger partial charge is 0.481 e. The van der Waals surface area contributed by atoms with Gasteiger partial charge in [0.15, 0.2) is 0 Å². The highest BCUT2D eigenvalue weighted by atomic mass is 16.4. The van der Waals surface area contributed by atoms with Crippen molar-refractivity contribution in [3.8, 4) is 0 Å². The minimum absolute atomic E-state index is 0.0116. The Morgan fingerprint density at radius 2 is 1.76 bits per heavy atom. The van der Waals surface area contributed by atoms with Gasteiger partial charge in [-0.25, -0.2) is 0 Å². The van der Waals surface area contributed by atoms with Gasteiger partial charge in [0.2, 0.25) is 5.91 Å². The molecule has 5 heteroatoms. The maximum absolute atomic E-state index is 11.4. The Balaban J connectivity index is 2.16. The zero-order valence-corrected chi connectivity index (χ0v) is 10.1. The van der Waals surface area contributed by atoms with E-state index in [0.717, 1.165) is 32.1 Å². The first kappa shape index (κ1) is 14.0. The van der Waals surface area contributed by atoms with Gasteiger partial charge in [-0.2, -0.15) is 0 Å². The van der Waals surface area contributed by atoms with Gasteiger partial charge in [0.05, 0.1) is 5.60 Å². The first-order valence-corrected chi connectivity index (χ1v) is 6.23. The van der Waals surface area contributed by atoms with Crippen LogP contribution in [0.4, 0.5) is 0 Å². The third kappa shape index (κ3) is 5.68. The highest BCUT2D eigenvalue weighted by Crippen LogP contribution is 2.27. The molecule has 0 aromatic heterocycles. The number of hydrogen-bond donors (Lipinski definition) is 3. The minimum Gasteiger partial charge on any atom is -0.481 e. The molecule has 1 saturated carbocycles. The lowest BCUT2D eigenvalue weighted by Gasteiger charge is -2.32. The maximum atomic E-state index is 11.4. The third-order valence-electron chi connectivity index (χ3n) is 3.19. The van der Waals surface area contributed by atoms with Crippen LogP contribution in [0.15, 0.2) is 0 Å². The molecule has 1 rings (SSSR count). The van der Waals surface area contributed by atoms with Crippen molar-refractivity contribution in [2.75, 3.05) is 6.54 Å². The molecular formula is C12H21NO4. The number of aliphatic hydroxyl groups is 1. The number of carboxylic acid groups (broad SMARTS) is 1. The van der Waals surface area contributed by atoms with E-state index in [1.807, 2.05) is 0 Å². The van der Waals surface area contributed by atoms with E-state index in [0.29, 0.717) is 13.0 Å². The molecule has 1 aliphatic rings. The Hall–Kier alpha value is -1.10. The Morgan fingerprint density at radius 1 is 1.12 bits per heavy atom. The maximum Gasteiger partial charge on any atom is 0.303 e. The number of carbonyl (C=O) groups is 2. The van der Waals surface area contributed by atoms with Crippen molar-refractivity contribution in [3.05, 3.63) is 0 Å². The van der Waals surface area contributed by atoms with E-state index < -0.39 is 11.6 Å². The highest BCUT2D eigenvalue weighted by molar-refractivity contribution is 5.76. The van der Waals surface area contributed by atoms with Crippen LogP contribution < -0.4 is 5.32 Å². The molecule has 0 heterocycles. The summed E-state index contributed by atoms with van der Waals surface area (Å²) in [5, 5.41) is 21.2. The predicted octanol–water partition coefficient (Wildman–Crippen LogP) is 1.05. The molecule has 3 N–H and O–H groups in total. The summed E-state index contributed by atoms with van der Waals surface area (Å²) in [6.07, 6.45) is 5.20. The Bertz CT molecular complexity index is 272. The summed E-state index contributed by atoms with van der Waals surface area (Å²) >= 11 is 0. The fourth-order valence-electron chi connectivity index (χ4n) is 2.14. The van der Waals surface area contributed by atoms with E-state index in [1.54, 1.807) is 0 Å². The van der Waals surface area contributed by atoms with E-state index in [1.165, 1.54) is 0 Å². The van der Waals surface area contributed by atoms with Crippen molar-refractivity contribution in [2.45, 2.75) is 57.0 Å². The van der Waals surface area contributed by atoms with Crippen LogP contribution in [0.25, 0.3) is 0 Å². The second-order valence-electron chi connectivity index (χ2n) is 4.81. The molecular weight excluding hydrogens is 222 g/mol. The van der Waals surface area contributed by atoms with Gasteiger partial charge in [-0.3, -0.25) is 9.59 Å². The average Bonchev–Trinajstić information content (AvgIpc) is 2.27. The second kappa shape index (κ2) is 6.59. The lowest BCUT2D eigenvalue weighted by molar-refractivity contribution is -0.137. The zero-order chi connectivity index (χ0) is 12.7.